The molecule has 1 aliphatic heterocycles. The molecule has 1 unspecified atom stereocenters. The molecule has 1 atom stereocenters. The molecule has 3 amide bonds. The van der Waals surface area contributed by atoms with Crippen LogP contribution in [-0.2, 0) is 6.54 Å². The van der Waals surface area contributed by atoms with Crippen molar-refractivity contribution in [1.82, 2.24) is 20.6 Å². The van der Waals surface area contributed by atoms with E-state index < -0.39 is 5.91 Å². The Bertz CT molecular complexity index is 818. The second kappa shape index (κ2) is 8.83. The first kappa shape index (κ1) is 19.1. The number of urea groups is 1. The lowest BCUT2D eigenvalue weighted by Gasteiger charge is -2.32. The van der Waals surface area contributed by atoms with E-state index in [0.29, 0.717) is 24.3 Å². The molecule has 1 fully saturated rings. The van der Waals surface area contributed by atoms with E-state index in [4.69, 9.17) is 5.84 Å². The molecule has 7 nitrogen and oxygen atoms in total. The van der Waals surface area contributed by atoms with Crippen LogP contribution in [0.25, 0.3) is 0 Å². The summed E-state index contributed by atoms with van der Waals surface area (Å²) >= 11 is 1.72. The van der Waals surface area contributed by atoms with E-state index in [1.54, 1.807) is 34.9 Å². The number of pyridine rings is 1. The lowest BCUT2D eigenvalue weighted by atomic mass is 10.1. The SMILES string of the molecule is NNC(=O)c1ccc(CNC(=O)N2CCSC(c3cccc(F)c3)C2)nc1. The molecule has 9 heteroatoms. The second-order valence-corrected chi connectivity index (χ2v) is 7.34. The number of hydrogen-bond donors (Lipinski definition) is 3. The van der Waals surface area contributed by atoms with Gasteiger partial charge in [-0.15, -0.1) is 0 Å². The minimum absolute atomic E-state index is 0.0485. The third-order valence-corrected chi connectivity index (χ3v) is 5.45. The van der Waals surface area contributed by atoms with Crippen LogP contribution >= 0.6 is 11.8 Å². The van der Waals surface area contributed by atoms with E-state index in [1.807, 2.05) is 11.5 Å². The number of nitrogens with zero attached hydrogens (tertiary/aromatic N) is 2. The predicted octanol–water partition coefficient (Wildman–Crippen LogP) is 1.82. The van der Waals surface area contributed by atoms with Gasteiger partial charge in [-0.2, -0.15) is 11.8 Å². The average molecular weight is 389 g/mol. The molecule has 1 saturated heterocycles. The minimum Gasteiger partial charge on any atom is -0.332 e. The summed E-state index contributed by atoms with van der Waals surface area (Å²) in [5.41, 5.74) is 3.89. The summed E-state index contributed by atoms with van der Waals surface area (Å²) in [5.74, 6) is 5.17. The molecule has 27 heavy (non-hydrogen) atoms. The van der Waals surface area contributed by atoms with Crippen LogP contribution in [0.15, 0.2) is 42.6 Å². The van der Waals surface area contributed by atoms with Gasteiger partial charge in [-0.3, -0.25) is 15.2 Å². The van der Waals surface area contributed by atoms with Gasteiger partial charge in [-0.05, 0) is 29.8 Å². The third kappa shape index (κ3) is 4.95. The van der Waals surface area contributed by atoms with Crippen molar-refractivity contribution in [2.24, 2.45) is 5.84 Å². The number of aromatic nitrogens is 1. The Labute approximate surface area is 160 Å². The molecule has 0 saturated carbocycles. The van der Waals surface area contributed by atoms with Crippen LogP contribution in [0.3, 0.4) is 0 Å². The smallest absolute Gasteiger partial charge is 0.317 e. The summed E-state index contributed by atoms with van der Waals surface area (Å²) in [6.45, 7) is 1.39. The molecule has 0 spiro atoms. The maximum Gasteiger partial charge on any atom is 0.317 e. The number of thioether (sulfide) groups is 1. The fraction of sp³-hybridized carbons (Fsp3) is 0.278. The number of benzene rings is 1. The van der Waals surface area contributed by atoms with E-state index in [2.05, 4.69) is 10.3 Å². The summed E-state index contributed by atoms with van der Waals surface area (Å²) in [5, 5.41) is 2.88. The molecular formula is C18H20FN5O2S. The van der Waals surface area contributed by atoms with Crippen molar-refractivity contribution >= 4 is 23.7 Å². The highest BCUT2D eigenvalue weighted by atomic mass is 32.2. The van der Waals surface area contributed by atoms with E-state index >= 15 is 0 Å². The number of nitrogens with two attached hydrogens (primary N) is 1. The largest absolute Gasteiger partial charge is 0.332 e. The number of nitrogens with one attached hydrogen (secondary N) is 2. The summed E-state index contributed by atoms with van der Waals surface area (Å²) in [6, 6.07) is 9.55. The van der Waals surface area contributed by atoms with E-state index in [9.17, 15) is 14.0 Å². The third-order valence-electron chi connectivity index (χ3n) is 4.21. The average Bonchev–Trinajstić information content (AvgIpc) is 2.72. The van der Waals surface area contributed by atoms with Crippen LogP contribution in [0.1, 0.15) is 26.9 Å². The van der Waals surface area contributed by atoms with E-state index in [0.717, 1.165) is 11.3 Å². The Morgan fingerprint density at radius 1 is 1.33 bits per heavy atom. The highest BCUT2D eigenvalue weighted by Gasteiger charge is 2.25. The van der Waals surface area contributed by atoms with Crippen LogP contribution < -0.4 is 16.6 Å². The van der Waals surface area contributed by atoms with E-state index in [-0.39, 0.29) is 23.6 Å². The van der Waals surface area contributed by atoms with Crippen LogP contribution in [0.4, 0.5) is 9.18 Å². The maximum atomic E-state index is 13.4. The number of carbonyl (C=O) groups is 2. The van der Waals surface area contributed by atoms with Gasteiger partial charge in [0.1, 0.15) is 5.82 Å². The summed E-state index contributed by atoms with van der Waals surface area (Å²) < 4.78 is 13.4. The Balaban J connectivity index is 1.55. The van der Waals surface area contributed by atoms with Crippen LogP contribution in [0.5, 0.6) is 0 Å². The molecular weight excluding hydrogens is 369 g/mol. The number of nitrogen functional groups attached to an aromatic ring is 1. The van der Waals surface area contributed by atoms with Crippen LogP contribution in [-0.4, -0.2) is 40.7 Å². The van der Waals surface area contributed by atoms with Gasteiger partial charge in [0.2, 0.25) is 0 Å². The number of carbonyl (C=O) groups excluding carboxylic acids is 2. The first-order chi connectivity index (χ1) is 13.1. The fourth-order valence-corrected chi connectivity index (χ4v) is 4.00. The van der Waals surface area contributed by atoms with Gasteiger partial charge < -0.3 is 10.2 Å². The Morgan fingerprint density at radius 2 is 2.19 bits per heavy atom. The molecule has 0 bridgehead atoms. The summed E-state index contributed by atoms with van der Waals surface area (Å²) in [7, 11) is 0. The van der Waals surface area contributed by atoms with Crippen molar-refractivity contribution in [1.29, 1.82) is 0 Å². The van der Waals surface area contributed by atoms with Gasteiger partial charge in [0, 0.05) is 30.3 Å². The molecule has 142 valence electrons. The van der Waals surface area contributed by atoms with Gasteiger partial charge in [-0.25, -0.2) is 15.0 Å². The van der Waals surface area contributed by atoms with Gasteiger partial charge in [0.05, 0.1) is 17.8 Å². The fourth-order valence-electron chi connectivity index (χ4n) is 2.77. The standard InChI is InChI=1S/C18H20FN5O2S/c19-14-3-1-2-12(8-14)16-11-24(6-7-27-16)18(26)22-10-15-5-4-13(9-21-15)17(25)23-20/h1-5,8-9,16H,6-7,10-11,20H2,(H,22,26)(H,23,25). The van der Waals surface area contributed by atoms with Crippen molar-refractivity contribution < 1.29 is 14.0 Å². The molecule has 0 aliphatic carbocycles. The molecule has 1 aromatic heterocycles. The van der Waals surface area contributed by atoms with Crippen LogP contribution in [0, 0.1) is 5.82 Å². The normalized spacial score (nSPS) is 16.7. The number of halogens is 1. The Kier molecular flexibility index (Phi) is 6.25. The lowest BCUT2D eigenvalue weighted by Crippen LogP contribution is -2.44. The number of hydrazine groups is 1. The number of amides is 3. The van der Waals surface area contributed by atoms with Gasteiger partial charge in [0.25, 0.3) is 5.91 Å². The van der Waals surface area contributed by atoms with Gasteiger partial charge in [-0.1, -0.05) is 12.1 Å². The molecule has 2 heterocycles. The first-order valence-corrected chi connectivity index (χ1v) is 9.47. The molecule has 3 rings (SSSR count). The lowest BCUT2D eigenvalue weighted by molar-refractivity contribution is 0.0953. The van der Waals surface area contributed by atoms with Crippen molar-refractivity contribution in [3.63, 3.8) is 0 Å². The van der Waals surface area contributed by atoms with Gasteiger partial charge >= 0.3 is 6.03 Å². The van der Waals surface area contributed by atoms with E-state index in [1.165, 1.54) is 18.3 Å². The quantitative estimate of drug-likeness (QED) is 0.421. The molecule has 4 N–H and O–H groups in total. The highest BCUT2D eigenvalue weighted by Crippen LogP contribution is 2.33. The molecule has 0 radical (unpaired) electrons. The Morgan fingerprint density at radius 3 is 2.89 bits per heavy atom. The zero-order valence-corrected chi connectivity index (χ0v) is 15.3. The van der Waals surface area contributed by atoms with Crippen molar-refractivity contribution in [2.45, 2.75) is 11.8 Å². The predicted molar refractivity (Wildman–Crippen MR) is 101 cm³/mol. The molecule has 1 aromatic carbocycles. The maximum absolute atomic E-state index is 13.4. The first-order valence-electron chi connectivity index (χ1n) is 8.42. The zero-order chi connectivity index (χ0) is 19.2. The van der Waals surface area contributed by atoms with Crippen molar-refractivity contribution in [3.8, 4) is 0 Å². The molecule has 2 aromatic rings. The van der Waals surface area contributed by atoms with Crippen LogP contribution in [0.2, 0.25) is 0 Å². The highest BCUT2D eigenvalue weighted by molar-refractivity contribution is 7.99. The van der Waals surface area contributed by atoms with Crippen molar-refractivity contribution in [2.75, 3.05) is 18.8 Å². The molecule has 1 aliphatic rings. The Hall–Kier alpha value is -2.65. The summed E-state index contributed by atoms with van der Waals surface area (Å²) in [6.07, 6.45) is 1.40. The minimum atomic E-state index is -0.424. The second-order valence-electron chi connectivity index (χ2n) is 6.03. The monoisotopic (exact) mass is 389 g/mol. The van der Waals surface area contributed by atoms with Crippen molar-refractivity contribution in [3.05, 3.63) is 65.2 Å². The summed E-state index contributed by atoms with van der Waals surface area (Å²) in [4.78, 5) is 29.7. The topological polar surface area (TPSA) is 100 Å². The van der Waals surface area contributed by atoms with Gasteiger partial charge in [0.15, 0.2) is 0 Å². The zero-order valence-electron chi connectivity index (χ0n) is 14.5. The number of rotatable bonds is 4. The number of hydrogen-bond acceptors (Lipinski definition) is 5.